The SMILES string of the molecule is CC(C)(C)c1cc2c(cn1)cnn2I. The first-order valence-corrected chi connectivity index (χ1v) is 5.45. The summed E-state index contributed by atoms with van der Waals surface area (Å²) in [5, 5.41) is 5.27. The standard InChI is InChI=1S/C10H12IN3/c1-10(2,3)9-4-8-7(5-12-9)6-13-14(8)11/h4-6H,1-3H3. The monoisotopic (exact) mass is 301 g/mol. The molecule has 3 nitrogen and oxygen atoms in total. The van der Waals surface area contributed by atoms with E-state index >= 15 is 0 Å². The number of nitrogens with zero attached hydrogens (tertiary/aromatic N) is 3. The van der Waals surface area contributed by atoms with Crippen LogP contribution >= 0.6 is 22.9 Å². The van der Waals surface area contributed by atoms with Crippen LogP contribution in [0.5, 0.6) is 0 Å². The highest BCUT2D eigenvalue weighted by molar-refractivity contribution is 14.1. The molecule has 0 unspecified atom stereocenters. The molecule has 0 bridgehead atoms. The molecular weight excluding hydrogens is 289 g/mol. The maximum atomic E-state index is 4.43. The molecule has 0 aliphatic rings. The van der Waals surface area contributed by atoms with Crippen LogP contribution in [0.4, 0.5) is 0 Å². The minimum Gasteiger partial charge on any atom is -0.260 e. The summed E-state index contributed by atoms with van der Waals surface area (Å²) in [5.41, 5.74) is 2.32. The minimum atomic E-state index is 0.0924. The normalized spacial score (nSPS) is 12.3. The molecule has 0 atom stereocenters. The van der Waals surface area contributed by atoms with Crippen LogP contribution in [-0.2, 0) is 5.41 Å². The van der Waals surface area contributed by atoms with Gasteiger partial charge in [0.1, 0.15) is 0 Å². The molecule has 0 aliphatic heterocycles. The predicted molar refractivity (Wildman–Crippen MR) is 65.6 cm³/mol. The van der Waals surface area contributed by atoms with Crippen LogP contribution < -0.4 is 0 Å². The van der Waals surface area contributed by atoms with E-state index < -0.39 is 0 Å². The molecule has 2 heterocycles. The number of fused-ring (bicyclic) bond motifs is 1. The van der Waals surface area contributed by atoms with E-state index in [9.17, 15) is 0 Å². The van der Waals surface area contributed by atoms with Gasteiger partial charge in [-0.25, -0.2) is 2.90 Å². The number of pyridine rings is 1. The summed E-state index contributed by atoms with van der Waals surface area (Å²) >= 11 is 2.18. The van der Waals surface area contributed by atoms with Crippen LogP contribution in [0.1, 0.15) is 26.5 Å². The van der Waals surface area contributed by atoms with Gasteiger partial charge in [0.05, 0.1) is 34.6 Å². The zero-order valence-corrected chi connectivity index (χ0v) is 10.6. The Kier molecular flexibility index (Phi) is 2.25. The smallest absolute Gasteiger partial charge is 0.0851 e. The average Bonchev–Trinajstić information content (AvgIpc) is 2.46. The van der Waals surface area contributed by atoms with Crippen molar-refractivity contribution in [2.75, 3.05) is 0 Å². The molecule has 0 N–H and O–H groups in total. The van der Waals surface area contributed by atoms with E-state index in [2.05, 4.69) is 59.8 Å². The van der Waals surface area contributed by atoms with Gasteiger partial charge >= 0.3 is 0 Å². The zero-order valence-electron chi connectivity index (χ0n) is 8.45. The Morgan fingerprint density at radius 1 is 1.29 bits per heavy atom. The van der Waals surface area contributed by atoms with Crippen LogP contribution in [0, 0.1) is 0 Å². The van der Waals surface area contributed by atoms with Gasteiger partial charge in [-0.1, -0.05) is 20.8 Å². The van der Waals surface area contributed by atoms with Crippen molar-refractivity contribution in [1.82, 2.24) is 13.0 Å². The molecule has 74 valence electrons. The quantitative estimate of drug-likeness (QED) is 0.701. The Balaban J connectivity index is 2.66. The van der Waals surface area contributed by atoms with Crippen molar-refractivity contribution in [3.05, 3.63) is 24.2 Å². The number of hydrogen-bond donors (Lipinski definition) is 0. The summed E-state index contributed by atoms with van der Waals surface area (Å²) < 4.78 is 1.85. The lowest BCUT2D eigenvalue weighted by Gasteiger charge is -2.17. The van der Waals surface area contributed by atoms with E-state index in [0.29, 0.717) is 0 Å². The van der Waals surface area contributed by atoms with E-state index in [1.54, 1.807) is 0 Å². The maximum absolute atomic E-state index is 4.43. The van der Waals surface area contributed by atoms with E-state index in [-0.39, 0.29) is 5.41 Å². The van der Waals surface area contributed by atoms with Crippen molar-refractivity contribution in [1.29, 1.82) is 0 Å². The van der Waals surface area contributed by atoms with Crippen molar-refractivity contribution in [3.63, 3.8) is 0 Å². The Bertz CT molecular complexity index is 468. The lowest BCUT2D eigenvalue weighted by molar-refractivity contribution is 0.570. The van der Waals surface area contributed by atoms with Crippen LogP contribution in [0.15, 0.2) is 18.5 Å². The molecule has 0 radical (unpaired) electrons. The van der Waals surface area contributed by atoms with Crippen LogP contribution in [0.25, 0.3) is 10.9 Å². The molecule has 0 saturated carbocycles. The van der Waals surface area contributed by atoms with Gasteiger partial charge in [-0.3, -0.25) is 4.98 Å². The topological polar surface area (TPSA) is 30.7 Å². The summed E-state index contributed by atoms with van der Waals surface area (Å²) in [6, 6.07) is 2.11. The first-order chi connectivity index (χ1) is 6.48. The summed E-state index contributed by atoms with van der Waals surface area (Å²) in [6.07, 6.45) is 3.72. The van der Waals surface area contributed by atoms with Crippen LogP contribution in [0.2, 0.25) is 0 Å². The maximum Gasteiger partial charge on any atom is 0.0851 e. The fraction of sp³-hybridized carbons (Fsp3) is 0.400. The molecule has 0 aliphatic carbocycles. The zero-order chi connectivity index (χ0) is 10.3. The van der Waals surface area contributed by atoms with Crippen molar-refractivity contribution in [3.8, 4) is 0 Å². The molecule has 0 amide bonds. The molecular formula is C10H12IN3. The molecule has 2 rings (SSSR count). The third-order valence-corrected chi connectivity index (χ3v) is 2.95. The third kappa shape index (κ3) is 1.63. The van der Waals surface area contributed by atoms with E-state index in [1.807, 2.05) is 15.3 Å². The second-order valence-corrected chi connectivity index (χ2v) is 5.30. The lowest BCUT2D eigenvalue weighted by Crippen LogP contribution is -2.13. The molecule has 0 spiro atoms. The van der Waals surface area contributed by atoms with Crippen molar-refractivity contribution in [2.24, 2.45) is 0 Å². The predicted octanol–water partition coefficient (Wildman–Crippen LogP) is 2.93. The summed E-state index contributed by atoms with van der Waals surface area (Å²) in [5.74, 6) is 0. The minimum absolute atomic E-state index is 0.0924. The molecule has 0 aromatic carbocycles. The number of rotatable bonds is 0. The summed E-state index contributed by atoms with van der Waals surface area (Å²) in [6.45, 7) is 6.49. The van der Waals surface area contributed by atoms with E-state index in [4.69, 9.17) is 0 Å². The number of halogens is 1. The van der Waals surface area contributed by atoms with Crippen LogP contribution in [0.3, 0.4) is 0 Å². The fourth-order valence-corrected chi connectivity index (χ4v) is 1.84. The molecule has 14 heavy (non-hydrogen) atoms. The summed E-state index contributed by atoms with van der Waals surface area (Å²) in [7, 11) is 0. The lowest BCUT2D eigenvalue weighted by atomic mass is 9.91. The van der Waals surface area contributed by atoms with Crippen molar-refractivity contribution in [2.45, 2.75) is 26.2 Å². The summed E-state index contributed by atoms with van der Waals surface area (Å²) in [4.78, 5) is 4.43. The molecule has 2 aromatic rings. The molecule has 2 aromatic heterocycles. The Hall–Kier alpha value is -0.650. The average molecular weight is 301 g/mol. The highest BCUT2D eigenvalue weighted by atomic mass is 127. The van der Waals surface area contributed by atoms with Gasteiger partial charge < -0.3 is 0 Å². The van der Waals surface area contributed by atoms with E-state index in [0.717, 1.165) is 16.6 Å². The number of hydrogen-bond acceptors (Lipinski definition) is 2. The first kappa shape index (κ1) is 9.89. The molecule has 0 saturated heterocycles. The fourth-order valence-electron chi connectivity index (χ4n) is 1.30. The van der Waals surface area contributed by atoms with Gasteiger partial charge in [0.25, 0.3) is 0 Å². The van der Waals surface area contributed by atoms with E-state index in [1.165, 1.54) is 0 Å². The Morgan fingerprint density at radius 3 is 2.64 bits per heavy atom. The first-order valence-electron chi connectivity index (χ1n) is 4.49. The highest BCUT2D eigenvalue weighted by Gasteiger charge is 2.16. The number of aromatic nitrogens is 3. The Morgan fingerprint density at radius 2 is 2.00 bits per heavy atom. The Labute approximate surface area is 97.0 Å². The van der Waals surface area contributed by atoms with Crippen LogP contribution in [-0.4, -0.2) is 13.0 Å². The van der Waals surface area contributed by atoms with Gasteiger partial charge in [-0.05, 0) is 6.07 Å². The van der Waals surface area contributed by atoms with Gasteiger partial charge in [-0.15, -0.1) is 0 Å². The largest absolute Gasteiger partial charge is 0.260 e. The third-order valence-electron chi connectivity index (χ3n) is 2.18. The van der Waals surface area contributed by atoms with Crippen molar-refractivity contribution >= 4 is 33.8 Å². The van der Waals surface area contributed by atoms with Crippen molar-refractivity contribution < 1.29 is 0 Å². The molecule has 0 fully saturated rings. The molecule has 4 heteroatoms. The second kappa shape index (κ2) is 3.18. The highest BCUT2D eigenvalue weighted by Crippen LogP contribution is 2.24. The van der Waals surface area contributed by atoms with Gasteiger partial charge in [0.2, 0.25) is 0 Å². The van der Waals surface area contributed by atoms with Gasteiger partial charge in [0.15, 0.2) is 0 Å². The van der Waals surface area contributed by atoms with Gasteiger partial charge in [0, 0.05) is 22.7 Å². The second-order valence-electron chi connectivity index (χ2n) is 4.38. The van der Waals surface area contributed by atoms with Gasteiger partial charge in [-0.2, -0.15) is 5.10 Å².